The van der Waals surface area contributed by atoms with Crippen LogP contribution in [0.2, 0.25) is 5.02 Å². The third kappa shape index (κ3) is 5.93. The number of sulfonamides is 1. The van der Waals surface area contributed by atoms with Gasteiger partial charge in [0.1, 0.15) is 0 Å². The van der Waals surface area contributed by atoms with Crippen LogP contribution in [-0.2, 0) is 20.2 Å². The second kappa shape index (κ2) is 9.94. The maximum Gasteiger partial charge on any atom is 0.240 e. The number of halogens is 1. The van der Waals surface area contributed by atoms with Gasteiger partial charge in [-0.2, -0.15) is 0 Å². The predicted octanol–water partition coefficient (Wildman–Crippen LogP) is 3.84. The molecule has 0 heterocycles. The molecule has 0 saturated heterocycles. The summed E-state index contributed by atoms with van der Waals surface area (Å²) < 4.78 is 27.3. The van der Waals surface area contributed by atoms with Crippen molar-refractivity contribution in [3.05, 3.63) is 64.7 Å². The molecule has 2 aromatic rings. The third-order valence-corrected chi connectivity index (χ3v) is 7.55. The summed E-state index contributed by atoms with van der Waals surface area (Å²) in [6.07, 6.45) is 4.24. The number of Topliss-reactive ketones (excluding diaryl/α,β-unsaturated/α-hetero) is 1. The minimum Gasteiger partial charge on any atom is -0.355 e. The van der Waals surface area contributed by atoms with Gasteiger partial charge in [0.25, 0.3) is 0 Å². The largest absolute Gasteiger partial charge is 0.355 e. The number of carbonyl (C=O) groups excluding carboxylic acids is 2. The van der Waals surface area contributed by atoms with E-state index in [0.29, 0.717) is 17.1 Å². The molecule has 0 radical (unpaired) electrons. The van der Waals surface area contributed by atoms with Gasteiger partial charge in [0.15, 0.2) is 5.78 Å². The quantitative estimate of drug-likeness (QED) is 0.554. The summed E-state index contributed by atoms with van der Waals surface area (Å²) in [4.78, 5) is 23.9. The van der Waals surface area contributed by atoms with Crippen LogP contribution in [0.4, 0.5) is 0 Å². The molecule has 166 valence electrons. The Labute approximate surface area is 188 Å². The molecule has 6 nitrogen and oxygen atoms in total. The van der Waals surface area contributed by atoms with Gasteiger partial charge >= 0.3 is 0 Å². The molecule has 0 atom stereocenters. The van der Waals surface area contributed by atoms with Crippen molar-refractivity contribution in [1.82, 2.24) is 10.0 Å². The minimum atomic E-state index is -3.80. The van der Waals surface area contributed by atoms with E-state index in [1.165, 1.54) is 30.7 Å². The Bertz CT molecular complexity index is 1050. The Kier molecular flexibility index (Phi) is 7.51. The highest BCUT2D eigenvalue weighted by Crippen LogP contribution is 2.40. The molecule has 1 saturated carbocycles. The average molecular weight is 463 g/mol. The summed E-state index contributed by atoms with van der Waals surface area (Å²) in [7, 11) is -3.80. The first kappa shape index (κ1) is 23.4. The molecular weight excluding hydrogens is 436 g/mol. The average Bonchev–Trinajstić information content (AvgIpc) is 3.23. The van der Waals surface area contributed by atoms with E-state index in [9.17, 15) is 18.0 Å². The van der Waals surface area contributed by atoms with Crippen LogP contribution in [0.15, 0.2) is 53.4 Å². The smallest absolute Gasteiger partial charge is 0.240 e. The topological polar surface area (TPSA) is 92.3 Å². The molecule has 0 aromatic heterocycles. The Balaban J connectivity index is 1.54. The van der Waals surface area contributed by atoms with Crippen LogP contribution < -0.4 is 10.0 Å². The monoisotopic (exact) mass is 462 g/mol. The molecule has 2 aromatic carbocycles. The third-order valence-electron chi connectivity index (χ3n) is 5.84. The standard InChI is InChI=1S/C23H27ClN2O4S/c1-17(27)18-5-4-6-21(15-18)31(29,30)26-14-11-22(28)25-16-23(12-2-3-13-23)19-7-9-20(24)10-8-19/h4-10,15,26H,2-3,11-14,16H2,1H3,(H,25,28). The lowest BCUT2D eigenvalue weighted by atomic mass is 9.79. The molecule has 0 aliphatic heterocycles. The van der Waals surface area contributed by atoms with Gasteiger partial charge in [-0.05, 0) is 49.6 Å². The highest BCUT2D eigenvalue weighted by atomic mass is 35.5. The van der Waals surface area contributed by atoms with E-state index in [-0.39, 0.29) is 35.0 Å². The first-order valence-corrected chi connectivity index (χ1v) is 12.2. The first-order valence-electron chi connectivity index (χ1n) is 10.4. The van der Waals surface area contributed by atoms with Crippen LogP contribution in [0, 0.1) is 0 Å². The number of hydrogen-bond acceptors (Lipinski definition) is 4. The molecule has 0 unspecified atom stereocenters. The lowest BCUT2D eigenvalue weighted by Gasteiger charge is -2.30. The van der Waals surface area contributed by atoms with E-state index < -0.39 is 10.0 Å². The Morgan fingerprint density at radius 1 is 1.06 bits per heavy atom. The van der Waals surface area contributed by atoms with Crippen molar-refractivity contribution in [2.24, 2.45) is 0 Å². The van der Waals surface area contributed by atoms with Crippen molar-refractivity contribution in [3.63, 3.8) is 0 Å². The maximum atomic E-state index is 12.5. The molecule has 0 spiro atoms. The fourth-order valence-corrected chi connectivity index (χ4v) is 5.25. The zero-order valence-corrected chi connectivity index (χ0v) is 19.1. The zero-order valence-electron chi connectivity index (χ0n) is 17.5. The number of carbonyl (C=O) groups is 2. The van der Waals surface area contributed by atoms with Gasteiger partial charge in [-0.25, -0.2) is 13.1 Å². The molecule has 1 fully saturated rings. The molecule has 3 rings (SSSR count). The number of ketones is 1. The number of amides is 1. The van der Waals surface area contributed by atoms with Crippen molar-refractivity contribution in [2.75, 3.05) is 13.1 Å². The SMILES string of the molecule is CC(=O)c1cccc(S(=O)(=O)NCCC(=O)NCC2(c3ccc(Cl)cc3)CCCC2)c1. The summed E-state index contributed by atoms with van der Waals surface area (Å²) in [6, 6.07) is 13.6. The van der Waals surface area contributed by atoms with Crippen molar-refractivity contribution in [1.29, 1.82) is 0 Å². The zero-order chi connectivity index (χ0) is 22.5. The van der Waals surface area contributed by atoms with Crippen molar-refractivity contribution in [3.8, 4) is 0 Å². The molecule has 1 amide bonds. The Morgan fingerprint density at radius 3 is 2.39 bits per heavy atom. The fourth-order valence-electron chi connectivity index (χ4n) is 4.04. The fraction of sp³-hybridized carbons (Fsp3) is 0.391. The van der Waals surface area contributed by atoms with Gasteiger partial charge in [0, 0.05) is 35.5 Å². The van der Waals surface area contributed by atoms with Crippen molar-refractivity contribution in [2.45, 2.75) is 49.3 Å². The second-order valence-electron chi connectivity index (χ2n) is 8.00. The van der Waals surface area contributed by atoms with Gasteiger partial charge in [-0.3, -0.25) is 9.59 Å². The summed E-state index contributed by atoms with van der Waals surface area (Å²) in [6.45, 7) is 1.87. The van der Waals surface area contributed by atoms with Gasteiger partial charge < -0.3 is 5.32 Å². The van der Waals surface area contributed by atoms with E-state index in [0.717, 1.165) is 25.7 Å². The van der Waals surface area contributed by atoms with Crippen LogP contribution in [0.5, 0.6) is 0 Å². The molecule has 2 N–H and O–H groups in total. The van der Waals surface area contributed by atoms with Gasteiger partial charge in [-0.1, -0.05) is 48.7 Å². The number of hydrogen-bond donors (Lipinski definition) is 2. The molecule has 8 heteroatoms. The van der Waals surface area contributed by atoms with Gasteiger partial charge in [0.2, 0.25) is 15.9 Å². The second-order valence-corrected chi connectivity index (χ2v) is 10.2. The normalized spacial score (nSPS) is 15.5. The summed E-state index contributed by atoms with van der Waals surface area (Å²) >= 11 is 6.01. The van der Waals surface area contributed by atoms with Crippen molar-refractivity contribution < 1.29 is 18.0 Å². The maximum absolute atomic E-state index is 12.5. The van der Waals surface area contributed by atoms with E-state index >= 15 is 0 Å². The van der Waals surface area contributed by atoms with E-state index in [4.69, 9.17) is 11.6 Å². The van der Waals surface area contributed by atoms with E-state index in [2.05, 4.69) is 10.0 Å². The Morgan fingerprint density at radius 2 is 1.74 bits per heavy atom. The molecule has 0 bridgehead atoms. The number of rotatable bonds is 9. The lowest BCUT2D eigenvalue weighted by molar-refractivity contribution is -0.121. The minimum absolute atomic E-state index is 0.00764. The van der Waals surface area contributed by atoms with Gasteiger partial charge in [-0.15, -0.1) is 0 Å². The predicted molar refractivity (Wildman–Crippen MR) is 121 cm³/mol. The molecule has 1 aliphatic rings. The van der Waals surface area contributed by atoms with Crippen LogP contribution in [0.1, 0.15) is 54.9 Å². The van der Waals surface area contributed by atoms with E-state index in [1.807, 2.05) is 24.3 Å². The Hall–Kier alpha value is -2.22. The van der Waals surface area contributed by atoms with Crippen molar-refractivity contribution >= 4 is 33.3 Å². The summed E-state index contributed by atoms with van der Waals surface area (Å²) in [5.41, 5.74) is 1.39. The molecular formula is C23H27ClN2O4S. The highest BCUT2D eigenvalue weighted by molar-refractivity contribution is 7.89. The number of nitrogens with one attached hydrogen (secondary N) is 2. The molecule has 1 aliphatic carbocycles. The van der Waals surface area contributed by atoms with Crippen LogP contribution in [-0.4, -0.2) is 33.2 Å². The van der Waals surface area contributed by atoms with Crippen LogP contribution in [0.3, 0.4) is 0 Å². The highest BCUT2D eigenvalue weighted by Gasteiger charge is 2.35. The first-order chi connectivity index (χ1) is 14.7. The van der Waals surface area contributed by atoms with Gasteiger partial charge in [0.05, 0.1) is 4.90 Å². The summed E-state index contributed by atoms with van der Waals surface area (Å²) in [5.74, 6) is -0.418. The number of benzene rings is 2. The molecule has 31 heavy (non-hydrogen) atoms. The lowest BCUT2D eigenvalue weighted by Crippen LogP contribution is -2.40. The van der Waals surface area contributed by atoms with Crippen LogP contribution in [0.25, 0.3) is 0 Å². The van der Waals surface area contributed by atoms with Crippen LogP contribution >= 0.6 is 11.6 Å². The summed E-state index contributed by atoms with van der Waals surface area (Å²) in [5, 5.41) is 3.66. The van der Waals surface area contributed by atoms with E-state index in [1.54, 1.807) is 6.07 Å².